The number of methoxy groups -OCH3 is 1. The van der Waals surface area contributed by atoms with Gasteiger partial charge in [0.1, 0.15) is 0 Å². The van der Waals surface area contributed by atoms with Crippen molar-refractivity contribution < 1.29 is 4.74 Å². The zero-order valence-electron chi connectivity index (χ0n) is 10.4. The van der Waals surface area contributed by atoms with Crippen molar-refractivity contribution in [2.45, 2.75) is 12.3 Å². The highest BCUT2D eigenvalue weighted by atomic mass is 16.5. The van der Waals surface area contributed by atoms with Gasteiger partial charge in [-0.3, -0.25) is 0 Å². The molecular formula is C15H16N2O. The zero-order valence-corrected chi connectivity index (χ0v) is 10.4. The van der Waals surface area contributed by atoms with Gasteiger partial charge in [-0.2, -0.15) is 0 Å². The first-order valence-electron chi connectivity index (χ1n) is 6.19. The molecule has 1 heterocycles. The summed E-state index contributed by atoms with van der Waals surface area (Å²) in [7, 11) is 1.67. The first-order chi connectivity index (χ1) is 8.88. The van der Waals surface area contributed by atoms with Crippen LogP contribution in [0.2, 0.25) is 0 Å². The van der Waals surface area contributed by atoms with Gasteiger partial charge in [0.2, 0.25) is 0 Å². The van der Waals surface area contributed by atoms with E-state index in [2.05, 4.69) is 34.6 Å². The van der Waals surface area contributed by atoms with Gasteiger partial charge in [-0.1, -0.05) is 24.3 Å². The third-order valence-corrected chi connectivity index (χ3v) is 3.47. The van der Waals surface area contributed by atoms with E-state index < -0.39 is 0 Å². The lowest BCUT2D eigenvalue weighted by Gasteiger charge is -2.30. The van der Waals surface area contributed by atoms with Crippen LogP contribution >= 0.6 is 0 Å². The van der Waals surface area contributed by atoms with E-state index in [0.29, 0.717) is 5.92 Å². The quantitative estimate of drug-likeness (QED) is 0.892. The van der Waals surface area contributed by atoms with Gasteiger partial charge in [-0.05, 0) is 29.7 Å². The van der Waals surface area contributed by atoms with Crippen molar-refractivity contribution in [2.75, 3.05) is 19.0 Å². The number of fused-ring (bicyclic) bond motifs is 1. The molecule has 1 unspecified atom stereocenters. The molecule has 0 aliphatic heterocycles. The fourth-order valence-corrected chi connectivity index (χ4v) is 2.45. The standard InChI is InChI=1S/C15H16N2O/c1-18-14-7-4-8-16-15(14)17-10-12-9-11-5-2-3-6-13(11)12/h2-8,12H,9-10H2,1H3,(H,16,17). The fraction of sp³-hybridized carbons (Fsp3) is 0.267. The molecule has 0 saturated carbocycles. The van der Waals surface area contributed by atoms with Gasteiger partial charge in [0.15, 0.2) is 11.6 Å². The lowest BCUT2D eigenvalue weighted by Crippen LogP contribution is -2.24. The van der Waals surface area contributed by atoms with Crippen LogP contribution in [0, 0.1) is 0 Å². The number of aromatic nitrogens is 1. The molecule has 1 aromatic heterocycles. The SMILES string of the molecule is COc1cccnc1NCC1Cc2ccccc21. The van der Waals surface area contributed by atoms with Gasteiger partial charge in [0, 0.05) is 18.7 Å². The predicted octanol–water partition coefficient (Wildman–Crippen LogP) is 2.84. The minimum Gasteiger partial charge on any atom is -0.493 e. The summed E-state index contributed by atoms with van der Waals surface area (Å²) in [6.07, 6.45) is 2.93. The van der Waals surface area contributed by atoms with E-state index in [4.69, 9.17) is 4.74 Å². The molecule has 0 amide bonds. The Morgan fingerprint density at radius 3 is 3.00 bits per heavy atom. The molecular weight excluding hydrogens is 224 g/mol. The number of pyridine rings is 1. The van der Waals surface area contributed by atoms with Crippen molar-refractivity contribution in [1.82, 2.24) is 4.98 Å². The Morgan fingerprint density at radius 2 is 2.17 bits per heavy atom. The first kappa shape index (κ1) is 11.1. The topological polar surface area (TPSA) is 34.1 Å². The summed E-state index contributed by atoms with van der Waals surface area (Å²) in [5.74, 6) is 2.21. The smallest absolute Gasteiger partial charge is 0.168 e. The minimum absolute atomic E-state index is 0.591. The molecule has 18 heavy (non-hydrogen) atoms. The van der Waals surface area contributed by atoms with Gasteiger partial charge < -0.3 is 10.1 Å². The van der Waals surface area contributed by atoms with Gasteiger partial charge >= 0.3 is 0 Å². The second-order valence-electron chi connectivity index (χ2n) is 4.54. The van der Waals surface area contributed by atoms with Gasteiger partial charge in [0.05, 0.1) is 7.11 Å². The Morgan fingerprint density at radius 1 is 1.28 bits per heavy atom. The first-order valence-corrected chi connectivity index (χ1v) is 6.19. The lowest BCUT2D eigenvalue weighted by atomic mass is 9.77. The molecule has 1 atom stereocenters. The van der Waals surface area contributed by atoms with Crippen LogP contribution in [0.3, 0.4) is 0 Å². The van der Waals surface area contributed by atoms with Crippen LogP contribution in [-0.4, -0.2) is 18.6 Å². The lowest BCUT2D eigenvalue weighted by molar-refractivity contribution is 0.414. The Balaban J connectivity index is 1.67. The molecule has 1 aromatic carbocycles. The molecule has 0 spiro atoms. The molecule has 92 valence electrons. The number of hydrogen-bond acceptors (Lipinski definition) is 3. The van der Waals surface area contributed by atoms with E-state index in [1.807, 2.05) is 12.1 Å². The van der Waals surface area contributed by atoms with Crippen molar-refractivity contribution >= 4 is 5.82 Å². The van der Waals surface area contributed by atoms with Gasteiger partial charge in [-0.25, -0.2) is 4.98 Å². The van der Waals surface area contributed by atoms with E-state index in [-0.39, 0.29) is 0 Å². The summed E-state index contributed by atoms with van der Waals surface area (Å²) >= 11 is 0. The van der Waals surface area contributed by atoms with Gasteiger partial charge in [-0.15, -0.1) is 0 Å². The van der Waals surface area contributed by atoms with Crippen LogP contribution in [-0.2, 0) is 6.42 Å². The number of nitrogens with one attached hydrogen (secondary N) is 1. The Bertz CT molecular complexity index is 554. The maximum Gasteiger partial charge on any atom is 0.168 e. The maximum atomic E-state index is 5.27. The summed E-state index contributed by atoms with van der Waals surface area (Å²) < 4.78 is 5.27. The van der Waals surface area contributed by atoms with Gasteiger partial charge in [0.25, 0.3) is 0 Å². The van der Waals surface area contributed by atoms with Crippen LogP contribution < -0.4 is 10.1 Å². The monoisotopic (exact) mass is 240 g/mol. The summed E-state index contributed by atoms with van der Waals surface area (Å²) in [5.41, 5.74) is 2.93. The molecule has 0 saturated heterocycles. The van der Waals surface area contributed by atoms with Crippen LogP contribution in [0.5, 0.6) is 5.75 Å². The average Bonchev–Trinajstić information content (AvgIpc) is 2.40. The highest BCUT2D eigenvalue weighted by molar-refractivity contribution is 5.50. The Labute approximate surface area is 107 Å². The largest absolute Gasteiger partial charge is 0.493 e. The molecule has 3 nitrogen and oxygen atoms in total. The fourth-order valence-electron chi connectivity index (χ4n) is 2.45. The molecule has 0 bridgehead atoms. The van der Waals surface area contributed by atoms with E-state index in [0.717, 1.165) is 24.5 Å². The second-order valence-corrected chi connectivity index (χ2v) is 4.54. The minimum atomic E-state index is 0.591. The molecule has 0 fully saturated rings. The van der Waals surface area contributed by atoms with Crippen LogP contribution in [0.1, 0.15) is 17.0 Å². The number of rotatable bonds is 4. The molecule has 1 aliphatic rings. The van der Waals surface area contributed by atoms with E-state index >= 15 is 0 Å². The molecule has 2 aromatic rings. The third-order valence-electron chi connectivity index (χ3n) is 3.47. The number of nitrogens with zero attached hydrogens (tertiary/aromatic N) is 1. The van der Waals surface area contributed by atoms with Crippen LogP contribution in [0.25, 0.3) is 0 Å². The number of anilines is 1. The normalized spacial score (nSPS) is 16.6. The highest BCUT2D eigenvalue weighted by Gasteiger charge is 2.25. The van der Waals surface area contributed by atoms with Crippen molar-refractivity contribution in [3.63, 3.8) is 0 Å². The second kappa shape index (κ2) is 4.69. The molecule has 3 rings (SSSR count). The Kier molecular flexibility index (Phi) is 2.89. The van der Waals surface area contributed by atoms with Crippen molar-refractivity contribution in [3.05, 3.63) is 53.7 Å². The van der Waals surface area contributed by atoms with E-state index in [1.165, 1.54) is 11.1 Å². The van der Waals surface area contributed by atoms with Crippen molar-refractivity contribution in [2.24, 2.45) is 0 Å². The van der Waals surface area contributed by atoms with Crippen LogP contribution in [0.4, 0.5) is 5.82 Å². The number of ether oxygens (including phenoxy) is 1. The van der Waals surface area contributed by atoms with Crippen LogP contribution in [0.15, 0.2) is 42.6 Å². The average molecular weight is 240 g/mol. The molecule has 1 N–H and O–H groups in total. The molecule has 0 radical (unpaired) electrons. The molecule has 1 aliphatic carbocycles. The zero-order chi connectivity index (χ0) is 12.4. The summed E-state index contributed by atoms with van der Waals surface area (Å²) in [4.78, 5) is 4.30. The molecule has 3 heteroatoms. The number of hydrogen-bond donors (Lipinski definition) is 1. The third kappa shape index (κ3) is 1.92. The maximum absolute atomic E-state index is 5.27. The van der Waals surface area contributed by atoms with E-state index in [1.54, 1.807) is 13.3 Å². The van der Waals surface area contributed by atoms with Crippen molar-refractivity contribution in [1.29, 1.82) is 0 Å². The predicted molar refractivity (Wildman–Crippen MR) is 72.2 cm³/mol. The summed E-state index contributed by atoms with van der Waals surface area (Å²) in [6, 6.07) is 12.4. The summed E-state index contributed by atoms with van der Waals surface area (Å²) in [6.45, 7) is 0.907. The van der Waals surface area contributed by atoms with E-state index in [9.17, 15) is 0 Å². The highest BCUT2D eigenvalue weighted by Crippen LogP contribution is 2.35. The number of benzene rings is 1. The van der Waals surface area contributed by atoms with Crippen molar-refractivity contribution in [3.8, 4) is 5.75 Å². The summed E-state index contributed by atoms with van der Waals surface area (Å²) in [5, 5.41) is 3.37. The Hall–Kier alpha value is -2.03.